The Hall–Kier alpha value is -2.52. The van der Waals surface area contributed by atoms with E-state index in [9.17, 15) is 14.9 Å². The molecule has 0 unspecified atom stereocenters. The fourth-order valence-corrected chi connectivity index (χ4v) is 3.12. The van der Waals surface area contributed by atoms with Crippen LogP contribution in [0.15, 0.2) is 46.9 Å². The Balaban J connectivity index is 2.01. The normalized spacial score (nSPS) is 10.3. The highest BCUT2D eigenvalue weighted by Crippen LogP contribution is 2.24. The van der Waals surface area contributed by atoms with Crippen LogP contribution in [0, 0.1) is 10.1 Å². The number of ether oxygens (including phenoxy) is 1. The van der Waals surface area contributed by atoms with Gasteiger partial charge in [0, 0.05) is 22.3 Å². The third-order valence-corrected chi connectivity index (χ3v) is 4.68. The molecule has 2 N–H and O–H groups in total. The average molecular weight is 480 g/mol. The minimum Gasteiger partial charge on any atom is -0.493 e. The molecular formula is C20H22BrN3O4S. The van der Waals surface area contributed by atoms with Crippen LogP contribution in [0.3, 0.4) is 0 Å². The van der Waals surface area contributed by atoms with Crippen molar-refractivity contribution >= 4 is 50.5 Å². The van der Waals surface area contributed by atoms with Crippen LogP contribution in [0.2, 0.25) is 0 Å². The van der Waals surface area contributed by atoms with E-state index in [1.54, 1.807) is 24.3 Å². The topological polar surface area (TPSA) is 93.5 Å². The number of thiocarbonyl (C=S) groups is 1. The second-order valence-electron chi connectivity index (χ2n) is 6.27. The van der Waals surface area contributed by atoms with Crippen molar-refractivity contribution in [1.82, 2.24) is 5.32 Å². The third-order valence-electron chi connectivity index (χ3n) is 3.98. The van der Waals surface area contributed by atoms with Gasteiger partial charge in [0.2, 0.25) is 0 Å². The van der Waals surface area contributed by atoms with E-state index in [1.807, 2.05) is 0 Å². The number of nitro groups is 1. The first kappa shape index (κ1) is 22.8. The molecule has 9 heteroatoms. The Morgan fingerprint density at radius 2 is 2.00 bits per heavy atom. The number of rotatable bonds is 9. The molecule has 154 valence electrons. The van der Waals surface area contributed by atoms with Crippen molar-refractivity contribution in [3.05, 3.63) is 62.6 Å². The number of hydrogen-bond donors (Lipinski definition) is 2. The lowest BCUT2D eigenvalue weighted by atomic mass is 10.2. The highest BCUT2D eigenvalue weighted by Gasteiger charge is 2.15. The van der Waals surface area contributed by atoms with E-state index in [-0.39, 0.29) is 10.8 Å². The molecule has 0 aliphatic rings. The number of carbonyl (C=O) groups excluding carboxylic acids is 1. The fraction of sp³-hybridized carbons (Fsp3) is 0.300. The summed E-state index contributed by atoms with van der Waals surface area (Å²) in [6.07, 6.45) is 4.28. The van der Waals surface area contributed by atoms with Gasteiger partial charge in [-0.3, -0.25) is 20.2 Å². The summed E-state index contributed by atoms with van der Waals surface area (Å²) in [6.45, 7) is 2.67. The number of unbranched alkanes of at least 4 members (excludes halogenated alkanes) is 3. The van der Waals surface area contributed by atoms with E-state index in [0.29, 0.717) is 23.6 Å². The summed E-state index contributed by atoms with van der Waals surface area (Å²) in [5, 5.41) is 16.3. The van der Waals surface area contributed by atoms with Crippen molar-refractivity contribution in [2.75, 3.05) is 11.9 Å². The van der Waals surface area contributed by atoms with E-state index < -0.39 is 10.8 Å². The molecule has 0 saturated carbocycles. The van der Waals surface area contributed by atoms with Crippen LogP contribution < -0.4 is 15.4 Å². The summed E-state index contributed by atoms with van der Waals surface area (Å²) in [4.78, 5) is 23.1. The number of nitrogens with one attached hydrogen (secondary N) is 2. The van der Waals surface area contributed by atoms with Crippen LogP contribution in [-0.4, -0.2) is 22.5 Å². The largest absolute Gasteiger partial charge is 0.493 e. The molecule has 0 aromatic heterocycles. The molecule has 0 heterocycles. The SMILES string of the molecule is CCCCCCOc1ccc(Br)cc1C(=O)NC(=S)Nc1cccc([N+](=O)[O-])c1. The zero-order valence-electron chi connectivity index (χ0n) is 15.9. The second-order valence-corrected chi connectivity index (χ2v) is 7.59. The Morgan fingerprint density at radius 3 is 2.72 bits per heavy atom. The molecule has 0 atom stereocenters. The number of carbonyl (C=O) groups is 1. The smallest absolute Gasteiger partial charge is 0.271 e. The summed E-state index contributed by atoms with van der Waals surface area (Å²) < 4.78 is 6.52. The molecule has 0 fully saturated rings. The highest BCUT2D eigenvalue weighted by atomic mass is 79.9. The van der Waals surface area contributed by atoms with Gasteiger partial charge in [-0.25, -0.2) is 0 Å². The molecule has 2 aromatic carbocycles. The van der Waals surface area contributed by atoms with Gasteiger partial charge in [-0.2, -0.15) is 0 Å². The summed E-state index contributed by atoms with van der Waals surface area (Å²) in [7, 11) is 0. The Kier molecular flexibility index (Phi) is 9.01. The number of halogens is 1. The predicted molar refractivity (Wildman–Crippen MR) is 121 cm³/mol. The van der Waals surface area contributed by atoms with E-state index in [0.717, 1.165) is 30.2 Å². The van der Waals surface area contributed by atoms with Gasteiger partial charge in [-0.1, -0.05) is 48.2 Å². The standard InChI is InChI=1S/C20H22BrN3O4S/c1-2-3-4-5-11-28-18-10-9-14(21)12-17(18)19(25)23-20(29)22-15-7-6-8-16(13-15)24(26)27/h6-10,12-13H,2-5,11H2,1H3,(H2,22,23,25,29). The minimum atomic E-state index is -0.502. The monoisotopic (exact) mass is 479 g/mol. The second kappa shape index (κ2) is 11.5. The Bertz CT molecular complexity index is 892. The number of anilines is 1. The molecule has 0 spiro atoms. The maximum absolute atomic E-state index is 12.7. The summed E-state index contributed by atoms with van der Waals surface area (Å²) >= 11 is 8.53. The molecule has 0 aliphatic heterocycles. The third kappa shape index (κ3) is 7.43. The van der Waals surface area contributed by atoms with E-state index in [1.165, 1.54) is 18.2 Å². The maximum Gasteiger partial charge on any atom is 0.271 e. The molecule has 2 aromatic rings. The Morgan fingerprint density at radius 1 is 1.21 bits per heavy atom. The van der Waals surface area contributed by atoms with Gasteiger partial charge >= 0.3 is 0 Å². The first-order valence-corrected chi connectivity index (χ1v) is 10.4. The van der Waals surface area contributed by atoms with E-state index in [4.69, 9.17) is 17.0 Å². The maximum atomic E-state index is 12.7. The number of nitrogens with zero attached hydrogens (tertiary/aromatic N) is 1. The molecule has 2 rings (SSSR count). The van der Waals surface area contributed by atoms with Crippen LogP contribution in [0.1, 0.15) is 43.0 Å². The van der Waals surface area contributed by atoms with Crippen LogP contribution >= 0.6 is 28.1 Å². The lowest BCUT2D eigenvalue weighted by molar-refractivity contribution is -0.384. The molecule has 0 bridgehead atoms. The van der Waals surface area contributed by atoms with Gasteiger partial charge in [0.15, 0.2) is 5.11 Å². The van der Waals surface area contributed by atoms with Crippen LogP contribution in [0.5, 0.6) is 5.75 Å². The minimum absolute atomic E-state index is 0.0318. The van der Waals surface area contributed by atoms with Gasteiger partial charge < -0.3 is 10.1 Å². The summed E-state index contributed by atoms with van der Waals surface area (Å²) in [6, 6.07) is 11.1. The van der Waals surface area contributed by atoms with Gasteiger partial charge in [-0.05, 0) is 42.9 Å². The number of benzene rings is 2. The van der Waals surface area contributed by atoms with Gasteiger partial charge in [0.05, 0.1) is 17.1 Å². The van der Waals surface area contributed by atoms with Crippen molar-refractivity contribution in [3.8, 4) is 5.75 Å². The van der Waals surface area contributed by atoms with Crippen molar-refractivity contribution in [1.29, 1.82) is 0 Å². The van der Waals surface area contributed by atoms with Crippen molar-refractivity contribution in [2.24, 2.45) is 0 Å². The lowest BCUT2D eigenvalue weighted by Gasteiger charge is -2.13. The van der Waals surface area contributed by atoms with Crippen molar-refractivity contribution < 1.29 is 14.5 Å². The summed E-state index contributed by atoms with van der Waals surface area (Å²) in [5.41, 5.74) is 0.680. The first-order valence-electron chi connectivity index (χ1n) is 9.20. The lowest BCUT2D eigenvalue weighted by Crippen LogP contribution is -2.34. The van der Waals surface area contributed by atoms with Crippen LogP contribution in [-0.2, 0) is 0 Å². The zero-order chi connectivity index (χ0) is 21.2. The number of hydrogen-bond acceptors (Lipinski definition) is 5. The number of nitro benzene ring substituents is 1. The molecule has 29 heavy (non-hydrogen) atoms. The first-order chi connectivity index (χ1) is 13.9. The van der Waals surface area contributed by atoms with Crippen molar-refractivity contribution in [3.63, 3.8) is 0 Å². The highest BCUT2D eigenvalue weighted by molar-refractivity contribution is 9.10. The molecule has 0 saturated heterocycles. The molecular weight excluding hydrogens is 458 g/mol. The van der Waals surface area contributed by atoms with E-state index >= 15 is 0 Å². The van der Waals surface area contributed by atoms with Crippen LogP contribution in [0.4, 0.5) is 11.4 Å². The molecule has 0 radical (unpaired) electrons. The Labute approximate surface area is 183 Å². The van der Waals surface area contributed by atoms with Crippen molar-refractivity contribution in [2.45, 2.75) is 32.6 Å². The summed E-state index contributed by atoms with van der Waals surface area (Å²) in [5.74, 6) is 0.0399. The predicted octanol–water partition coefficient (Wildman–Crippen LogP) is 5.44. The van der Waals surface area contributed by atoms with Gasteiger partial charge in [-0.15, -0.1) is 0 Å². The molecule has 1 amide bonds. The molecule has 7 nitrogen and oxygen atoms in total. The van der Waals surface area contributed by atoms with Gasteiger partial charge in [0.25, 0.3) is 11.6 Å². The number of amides is 1. The van der Waals surface area contributed by atoms with Gasteiger partial charge in [0.1, 0.15) is 5.75 Å². The molecule has 0 aliphatic carbocycles. The zero-order valence-corrected chi connectivity index (χ0v) is 18.3. The van der Waals surface area contributed by atoms with Crippen LogP contribution in [0.25, 0.3) is 0 Å². The quantitative estimate of drug-likeness (QED) is 0.215. The number of non-ortho nitro benzene ring substituents is 1. The average Bonchev–Trinajstić information content (AvgIpc) is 2.68. The fourth-order valence-electron chi connectivity index (χ4n) is 2.55. The van der Waals surface area contributed by atoms with E-state index in [2.05, 4.69) is 33.5 Å².